The van der Waals surface area contributed by atoms with Gasteiger partial charge in [-0.25, -0.2) is 4.79 Å². The van der Waals surface area contributed by atoms with E-state index in [1.165, 1.54) is 15.5 Å². The zero-order chi connectivity index (χ0) is 25.5. The number of rotatable bonds is 8. The van der Waals surface area contributed by atoms with Gasteiger partial charge in [-0.2, -0.15) is 0 Å². The Morgan fingerprint density at radius 3 is 2.31 bits per heavy atom. The lowest BCUT2D eigenvalue weighted by atomic mass is 10.1. The van der Waals surface area contributed by atoms with E-state index in [1.54, 1.807) is 25.3 Å². The van der Waals surface area contributed by atoms with Crippen molar-refractivity contribution < 1.29 is 9.53 Å². The molecule has 0 unspecified atom stereocenters. The molecule has 8 heteroatoms. The van der Waals surface area contributed by atoms with Gasteiger partial charge in [-0.05, 0) is 34.9 Å². The minimum absolute atomic E-state index is 0.0823. The van der Waals surface area contributed by atoms with E-state index in [9.17, 15) is 14.4 Å². The van der Waals surface area contributed by atoms with Gasteiger partial charge in [-0.3, -0.25) is 24.0 Å². The highest BCUT2D eigenvalue weighted by Crippen LogP contribution is 2.21. The van der Waals surface area contributed by atoms with Crippen molar-refractivity contribution in [1.29, 1.82) is 0 Å². The normalized spacial score (nSPS) is 10.9. The van der Waals surface area contributed by atoms with Crippen molar-refractivity contribution in [2.45, 2.75) is 13.1 Å². The molecular formula is C28H26N4O4. The van der Waals surface area contributed by atoms with Crippen LogP contribution in [-0.2, 0) is 17.9 Å². The summed E-state index contributed by atoms with van der Waals surface area (Å²) in [6.07, 6.45) is 3.00. The number of hydrogen-bond donors (Lipinski definition) is 2. The fraction of sp³-hybridized carbons (Fsp3) is 0.107. The lowest BCUT2D eigenvalue weighted by Crippen LogP contribution is -2.40. The SMILES string of the molecule is COc1cccc(C=CC(=O)N(Cc2ccccc2)c2c(N)n(Cc3ccccc3)c(=O)[nH]c2=O)c1. The maximum absolute atomic E-state index is 13.4. The molecule has 4 aromatic rings. The van der Waals surface area contributed by atoms with Gasteiger partial charge in [0.1, 0.15) is 11.6 Å². The van der Waals surface area contributed by atoms with Crippen molar-refractivity contribution in [2.75, 3.05) is 17.7 Å². The second-order valence-corrected chi connectivity index (χ2v) is 8.08. The van der Waals surface area contributed by atoms with E-state index in [2.05, 4.69) is 4.98 Å². The molecule has 3 N–H and O–H groups in total. The Kier molecular flexibility index (Phi) is 7.45. The van der Waals surface area contributed by atoms with Crippen molar-refractivity contribution in [3.05, 3.63) is 129 Å². The third kappa shape index (κ3) is 5.61. The number of hydrogen-bond acceptors (Lipinski definition) is 5. The van der Waals surface area contributed by atoms with Gasteiger partial charge in [0.05, 0.1) is 20.2 Å². The maximum Gasteiger partial charge on any atom is 0.330 e. The van der Waals surface area contributed by atoms with Crippen molar-refractivity contribution in [2.24, 2.45) is 0 Å². The number of anilines is 2. The average molecular weight is 483 g/mol. The lowest BCUT2D eigenvalue weighted by Gasteiger charge is -2.23. The second kappa shape index (κ2) is 11.1. The Morgan fingerprint density at radius 2 is 1.64 bits per heavy atom. The van der Waals surface area contributed by atoms with Crippen LogP contribution in [0.25, 0.3) is 6.08 Å². The summed E-state index contributed by atoms with van der Waals surface area (Å²) < 4.78 is 6.49. The number of methoxy groups -OCH3 is 1. The number of nitrogen functional groups attached to an aromatic ring is 1. The summed E-state index contributed by atoms with van der Waals surface area (Å²) in [7, 11) is 1.56. The van der Waals surface area contributed by atoms with Gasteiger partial charge in [-0.1, -0.05) is 72.8 Å². The Labute approximate surface area is 207 Å². The minimum Gasteiger partial charge on any atom is -0.497 e. The number of carbonyl (C=O) groups is 1. The number of nitrogens with two attached hydrogens (primary N) is 1. The Hall–Kier alpha value is -4.85. The quantitative estimate of drug-likeness (QED) is 0.374. The number of carbonyl (C=O) groups excluding carboxylic acids is 1. The van der Waals surface area contributed by atoms with Gasteiger partial charge in [0.15, 0.2) is 5.69 Å². The average Bonchev–Trinajstić information content (AvgIpc) is 2.90. The number of benzene rings is 3. The molecule has 1 heterocycles. The molecule has 0 aliphatic carbocycles. The van der Waals surface area contributed by atoms with Crippen LogP contribution in [0.2, 0.25) is 0 Å². The van der Waals surface area contributed by atoms with Crippen LogP contribution in [0, 0.1) is 0 Å². The zero-order valence-electron chi connectivity index (χ0n) is 19.8. The minimum atomic E-state index is -0.735. The fourth-order valence-electron chi connectivity index (χ4n) is 3.80. The van der Waals surface area contributed by atoms with Gasteiger partial charge in [0.25, 0.3) is 11.5 Å². The molecular weight excluding hydrogens is 456 g/mol. The van der Waals surface area contributed by atoms with Crippen LogP contribution in [-0.4, -0.2) is 22.6 Å². The molecule has 0 atom stereocenters. The molecule has 4 rings (SSSR count). The Morgan fingerprint density at radius 1 is 0.972 bits per heavy atom. The predicted molar refractivity (Wildman–Crippen MR) is 141 cm³/mol. The number of nitrogens with zero attached hydrogens (tertiary/aromatic N) is 2. The number of ether oxygens (including phenoxy) is 1. The topological polar surface area (TPSA) is 110 Å². The third-order valence-electron chi connectivity index (χ3n) is 5.63. The van der Waals surface area contributed by atoms with Crippen LogP contribution < -0.4 is 26.6 Å². The molecule has 182 valence electrons. The summed E-state index contributed by atoms with van der Waals surface area (Å²) in [5.74, 6) is 0.0925. The van der Waals surface area contributed by atoms with E-state index in [0.29, 0.717) is 5.75 Å². The number of H-pyrrole nitrogens is 1. The van der Waals surface area contributed by atoms with Gasteiger partial charge in [0.2, 0.25) is 0 Å². The van der Waals surface area contributed by atoms with Gasteiger partial charge in [-0.15, -0.1) is 0 Å². The van der Waals surface area contributed by atoms with Crippen LogP contribution in [0.1, 0.15) is 16.7 Å². The second-order valence-electron chi connectivity index (χ2n) is 8.08. The van der Waals surface area contributed by atoms with E-state index in [4.69, 9.17) is 10.5 Å². The largest absolute Gasteiger partial charge is 0.497 e. The molecule has 0 radical (unpaired) electrons. The maximum atomic E-state index is 13.4. The third-order valence-corrected chi connectivity index (χ3v) is 5.63. The molecule has 0 saturated carbocycles. The van der Waals surface area contributed by atoms with Crippen LogP contribution in [0.5, 0.6) is 5.75 Å². The molecule has 36 heavy (non-hydrogen) atoms. The van der Waals surface area contributed by atoms with Crippen molar-refractivity contribution in [1.82, 2.24) is 9.55 Å². The molecule has 3 aromatic carbocycles. The number of nitrogens with one attached hydrogen (secondary N) is 1. The highest BCUT2D eigenvalue weighted by atomic mass is 16.5. The molecule has 0 aliphatic rings. The van der Waals surface area contributed by atoms with Crippen LogP contribution >= 0.6 is 0 Å². The first-order valence-electron chi connectivity index (χ1n) is 11.3. The summed E-state index contributed by atoms with van der Waals surface area (Å²) in [6.45, 7) is 0.223. The van der Waals surface area contributed by atoms with Crippen LogP contribution in [0.15, 0.2) is 101 Å². The molecule has 1 amide bonds. The summed E-state index contributed by atoms with van der Waals surface area (Å²) >= 11 is 0. The van der Waals surface area contributed by atoms with E-state index < -0.39 is 17.2 Å². The molecule has 1 aromatic heterocycles. The smallest absolute Gasteiger partial charge is 0.330 e. The predicted octanol–water partition coefficient (Wildman–Crippen LogP) is 3.42. The van der Waals surface area contributed by atoms with Crippen LogP contribution in [0.3, 0.4) is 0 Å². The first-order valence-corrected chi connectivity index (χ1v) is 11.3. The summed E-state index contributed by atoms with van der Waals surface area (Å²) in [4.78, 5) is 42.7. The number of aromatic amines is 1. The first kappa shape index (κ1) is 24.3. The molecule has 0 fully saturated rings. The monoisotopic (exact) mass is 482 g/mol. The first-order chi connectivity index (χ1) is 17.5. The highest BCUT2D eigenvalue weighted by molar-refractivity contribution is 6.05. The van der Waals surface area contributed by atoms with E-state index in [1.807, 2.05) is 72.8 Å². The van der Waals surface area contributed by atoms with E-state index in [0.717, 1.165) is 16.7 Å². The van der Waals surface area contributed by atoms with E-state index >= 15 is 0 Å². The number of aromatic nitrogens is 2. The molecule has 0 bridgehead atoms. The Bertz CT molecular complexity index is 1490. The number of amides is 1. The standard InChI is InChI=1S/C28H26N4O4/c1-36-23-14-8-13-20(17-23)15-16-24(33)31(18-21-9-4-2-5-10-21)25-26(29)32(28(35)30-27(25)34)19-22-11-6-3-7-12-22/h2-17H,18-19,29H2,1H3,(H,30,34,35). The van der Waals surface area contributed by atoms with Crippen molar-refractivity contribution >= 4 is 23.5 Å². The fourth-order valence-corrected chi connectivity index (χ4v) is 3.80. The van der Waals surface area contributed by atoms with Crippen molar-refractivity contribution in [3.63, 3.8) is 0 Å². The van der Waals surface area contributed by atoms with Gasteiger partial charge in [0, 0.05) is 6.08 Å². The summed E-state index contributed by atoms with van der Waals surface area (Å²) in [5, 5.41) is 0. The molecule has 8 nitrogen and oxygen atoms in total. The molecule has 0 spiro atoms. The zero-order valence-corrected chi connectivity index (χ0v) is 19.8. The summed E-state index contributed by atoms with van der Waals surface area (Å²) in [5.41, 5.74) is 7.27. The Balaban J connectivity index is 1.76. The lowest BCUT2D eigenvalue weighted by molar-refractivity contribution is -0.114. The van der Waals surface area contributed by atoms with Gasteiger partial charge < -0.3 is 10.5 Å². The molecule has 0 aliphatic heterocycles. The highest BCUT2D eigenvalue weighted by Gasteiger charge is 2.23. The van der Waals surface area contributed by atoms with Crippen molar-refractivity contribution in [3.8, 4) is 5.75 Å². The van der Waals surface area contributed by atoms with Gasteiger partial charge >= 0.3 is 5.69 Å². The van der Waals surface area contributed by atoms with Crippen LogP contribution in [0.4, 0.5) is 11.5 Å². The van der Waals surface area contributed by atoms with E-state index in [-0.39, 0.29) is 24.6 Å². The summed E-state index contributed by atoms with van der Waals surface area (Å²) in [6, 6.07) is 25.7. The molecule has 0 saturated heterocycles.